The molecule has 0 bridgehead atoms. The maximum Gasteiger partial charge on any atom is 0.422 e. The molecule has 5 nitrogen and oxygen atoms in total. The van der Waals surface area contributed by atoms with Crippen molar-refractivity contribution in [2.75, 3.05) is 13.7 Å². The van der Waals surface area contributed by atoms with E-state index in [1.54, 1.807) is 0 Å². The van der Waals surface area contributed by atoms with Gasteiger partial charge in [-0.3, -0.25) is 4.99 Å². The lowest BCUT2D eigenvalue weighted by Crippen LogP contribution is -2.36. The van der Waals surface area contributed by atoms with Crippen molar-refractivity contribution in [2.45, 2.75) is 25.4 Å². The van der Waals surface area contributed by atoms with Crippen LogP contribution >= 0.6 is 0 Å². The number of nitrogens with zero attached hydrogens (tertiary/aromatic N) is 2. The Labute approximate surface area is 167 Å². The number of pyridine rings is 1. The number of alkyl halides is 6. The van der Waals surface area contributed by atoms with Crippen molar-refractivity contribution in [2.24, 2.45) is 4.99 Å². The highest BCUT2D eigenvalue weighted by Gasteiger charge is 2.33. The molecule has 0 saturated carbocycles. The highest BCUT2D eigenvalue weighted by molar-refractivity contribution is 5.79. The Balaban J connectivity index is 1.92. The molecule has 164 valence electrons. The van der Waals surface area contributed by atoms with Crippen molar-refractivity contribution >= 4 is 5.96 Å². The van der Waals surface area contributed by atoms with Gasteiger partial charge in [0, 0.05) is 32.4 Å². The summed E-state index contributed by atoms with van der Waals surface area (Å²) >= 11 is 0. The summed E-state index contributed by atoms with van der Waals surface area (Å²) in [4.78, 5) is 7.61. The van der Waals surface area contributed by atoms with E-state index >= 15 is 0 Å². The summed E-state index contributed by atoms with van der Waals surface area (Å²) < 4.78 is 93.1. The van der Waals surface area contributed by atoms with E-state index < -0.39 is 30.3 Å². The summed E-state index contributed by atoms with van der Waals surface area (Å²) in [5.74, 6) is -1.04. The van der Waals surface area contributed by atoms with Crippen LogP contribution in [0.4, 0.5) is 30.7 Å². The maximum atomic E-state index is 13.2. The average molecular weight is 438 g/mol. The van der Waals surface area contributed by atoms with Crippen molar-refractivity contribution in [3.05, 3.63) is 59.0 Å². The Morgan fingerprint density at radius 3 is 2.30 bits per heavy atom. The molecular weight excluding hydrogens is 421 g/mol. The number of hydrogen-bond donors (Lipinski definition) is 2. The highest BCUT2D eigenvalue weighted by Crippen LogP contribution is 2.32. The first-order chi connectivity index (χ1) is 14.0. The molecule has 0 fully saturated rings. The number of rotatable bonds is 6. The number of halogens is 7. The normalized spacial score (nSPS) is 12.6. The minimum absolute atomic E-state index is 0.141. The van der Waals surface area contributed by atoms with Gasteiger partial charge in [-0.1, -0.05) is 12.1 Å². The molecule has 0 aliphatic heterocycles. The third kappa shape index (κ3) is 7.41. The fourth-order valence-corrected chi connectivity index (χ4v) is 2.31. The summed E-state index contributed by atoms with van der Waals surface area (Å²) in [6.45, 7) is -1.59. The van der Waals surface area contributed by atoms with Gasteiger partial charge in [0.05, 0.1) is 5.56 Å². The van der Waals surface area contributed by atoms with Gasteiger partial charge >= 0.3 is 12.4 Å². The van der Waals surface area contributed by atoms with E-state index in [2.05, 4.69) is 25.3 Å². The monoisotopic (exact) mass is 438 g/mol. The van der Waals surface area contributed by atoms with E-state index in [1.807, 2.05) is 0 Å². The SMILES string of the molecule is CN=C(NCc1ccc(OCC(F)(F)F)nc1)NCc1ccc(F)cc1C(F)(F)F. The molecule has 1 heterocycles. The van der Waals surface area contributed by atoms with Gasteiger partial charge in [0.15, 0.2) is 12.6 Å². The first kappa shape index (κ1) is 23.2. The quantitative estimate of drug-likeness (QED) is 0.406. The van der Waals surface area contributed by atoms with Gasteiger partial charge in [-0.2, -0.15) is 26.3 Å². The van der Waals surface area contributed by atoms with Crippen LogP contribution in [-0.2, 0) is 19.3 Å². The number of nitrogens with one attached hydrogen (secondary N) is 2. The topological polar surface area (TPSA) is 58.5 Å². The average Bonchev–Trinajstić information content (AvgIpc) is 2.67. The molecule has 0 spiro atoms. The van der Waals surface area contributed by atoms with Crippen LogP contribution in [0, 0.1) is 5.82 Å². The van der Waals surface area contributed by atoms with Crippen LogP contribution in [0.2, 0.25) is 0 Å². The Morgan fingerprint density at radius 2 is 1.73 bits per heavy atom. The maximum absolute atomic E-state index is 13.2. The predicted octanol–water partition coefficient (Wildman–Crippen LogP) is 4.05. The van der Waals surface area contributed by atoms with Crippen LogP contribution in [0.5, 0.6) is 5.88 Å². The highest BCUT2D eigenvalue weighted by atomic mass is 19.4. The second-order valence-electron chi connectivity index (χ2n) is 5.99. The van der Waals surface area contributed by atoms with Gasteiger partial charge < -0.3 is 15.4 Å². The minimum Gasteiger partial charge on any atom is -0.468 e. The van der Waals surface area contributed by atoms with E-state index in [4.69, 9.17) is 0 Å². The van der Waals surface area contributed by atoms with E-state index in [9.17, 15) is 30.7 Å². The minimum atomic E-state index is -4.71. The largest absolute Gasteiger partial charge is 0.468 e. The molecule has 12 heteroatoms. The van der Waals surface area contributed by atoms with Crippen molar-refractivity contribution < 1.29 is 35.5 Å². The van der Waals surface area contributed by atoms with Crippen LogP contribution in [-0.4, -0.2) is 30.8 Å². The van der Waals surface area contributed by atoms with Gasteiger partial charge in [0.1, 0.15) is 5.82 Å². The summed E-state index contributed by atoms with van der Waals surface area (Å²) in [6.07, 6.45) is -7.90. The van der Waals surface area contributed by atoms with Gasteiger partial charge in [-0.25, -0.2) is 9.37 Å². The zero-order chi connectivity index (χ0) is 22.4. The summed E-state index contributed by atoms with van der Waals surface area (Å²) in [6, 6.07) is 5.10. The van der Waals surface area contributed by atoms with Crippen LogP contribution in [0.25, 0.3) is 0 Å². The number of ether oxygens (including phenoxy) is 1. The van der Waals surface area contributed by atoms with E-state index in [0.29, 0.717) is 11.6 Å². The molecule has 0 aliphatic carbocycles. The molecule has 0 atom stereocenters. The summed E-state index contributed by atoms with van der Waals surface area (Å²) in [5.41, 5.74) is -0.696. The molecule has 0 saturated heterocycles. The first-order valence-electron chi connectivity index (χ1n) is 8.42. The van der Waals surface area contributed by atoms with Gasteiger partial charge in [0.25, 0.3) is 0 Å². The second-order valence-corrected chi connectivity index (χ2v) is 5.99. The summed E-state index contributed by atoms with van der Waals surface area (Å²) in [7, 11) is 1.40. The second kappa shape index (κ2) is 9.63. The number of aromatic nitrogens is 1. The molecule has 1 aromatic heterocycles. The first-order valence-corrected chi connectivity index (χ1v) is 8.42. The lowest BCUT2D eigenvalue weighted by molar-refractivity contribution is -0.154. The fraction of sp³-hybridized carbons (Fsp3) is 0.333. The molecule has 0 aliphatic rings. The van der Waals surface area contributed by atoms with Gasteiger partial charge in [0.2, 0.25) is 5.88 Å². The molecule has 1 aromatic carbocycles. The Morgan fingerprint density at radius 1 is 1.03 bits per heavy atom. The third-order valence-corrected chi connectivity index (χ3v) is 3.69. The van der Waals surface area contributed by atoms with Crippen molar-refractivity contribution in [3.63, 3.8) is 0 Å². The third-order valence-electron chi connectivity index (χ3n) is 3.69. The fourth-order valence-electron chi connectivity index (χ4n) is 2.31. The molecular formula is C18H17F7N4O. The van der Waals surface area contributed by atoms with E-state index in [-0.39, 0.29) is 30.5 Å². The molecule has 0 amide bonds. The Bertz CT molecular complexity index is 864. The van der Waals surface area contributed by atoms with Crippen LogP contribution < -0.4 is 15.4 Å². The van der Waals surface area contributed by atoms with Crippen molar-refractivity contribution in [3.8, 4) is 5.88 Å². The van der Waals surface area contributed by atoms with Crippen LogP contribution in [0.15, 0.2) is 41.5 Å². The summed E-state index contributed by atoms with van der Waals surface area (Å²) in [5, 5.41) is 5.51. The van der Waals surface area contributed by atoms with E-state index in [1.165, 1.54) is 25.4 Å². The lowest BCUT2D eigenvalue weighted by atomic mass is 10.1. The van der Waals surface area contributed by atoms with Crippen molar-refractivity contribution in [1.82, 2.24) is 15.6 Å². The predicted molar refractivity (Wildman–Crippen MR) is 94.2 cm³/mol. The molecule has 2 aromatic rings. The number of hydrogen-bond acceptors (Lipinski definition) is 3. The lowest BCUT2D eigenvalue weighted by Gasteiger charge is -2.16. The number of benzene rings is 1. The standard InChI is InChI=1S/C18H17F7N4O/c1-26-16(29-9-12-3-4-13(19)6-14(12)18(23,24)25)28-8-11-2-5-15(27-7-11)30-10-17(20,21)22/h2-7H,8-10H2,1H3,(H2,26,28,29). The van der Waals surface area contributed by atoms with Crippen molar-refractivity contribution in [1.29, 1.82) is 0 Å². The Kier molecular flexibility index (Phi) is 7.46. The molecule has 0 radical (unpaired) electrons. The molecule has 2 N–H and O–H groups in total. The molecule has 2 rings (SSSR count). The zero-order valence-corrected chi connectivity index (χ0v) is 15.5. The van der Waals surface area contributed by atoms with Crippen LogP contribution in [0.1, 0.15) is 16.7 Å². The van der Waals surface area contributed by atoms with Crippen LogP contribution in [0.3, 0.4) is 0 Å². The smallest absolute Gasteiger partial charge is 0.422 e. The molecule has 30 heavy (non-hydrogen) atoms. The number of guanidine groups is 1. The number of aliphatic imine (C=N–C) groups is 1. The van der Waals surface area contributed by atoms with E-state index in [0.717, 1.165) is 12.1 Å². The molecule has 0 unspecified atom stereocenters. The van der Waals surface area contributed by atoms with Gasteiger partial charge in [-0.05, 0) is 23.3 Å². The Hall–Kier alpha value is -3.05. The van der Waals surface area contributed by atoms with Gasteiger partial charge in [-0.15, -0.1) is 0 Å². The zero-order valence-electron chi connectivity index (χ0n) is 15.5.